The van der Waals surface area contributed by atoms with Crippen molar-refractivity contribution in [3.8, 4) is 11.1 Å². The number of rotatable bonds is 7. The number of benzene rings is 4. The zero-order valence-corrected chi connectivity index (χ0v) is 19.5. The molecular weight excluding hydrogens is 453 g/mol. The molecule has 0 radical (unpaired) electrons. The number of para-hydroxylation sites is 1. The van der Waals surface area contributed by atoms with Crippen molar-refractivity contribution in [2.75, 3.05) is 4.90 Å². The third-order valence-electron chi connectivity index (χ3n) is 5.95. The number of halogens is 1. The van der Waals surface area contributed by atoms with Crippen LogP contribution in [0, 0.1) is 5.82 Å². The summed E-state index contributed by atoms with van der Waals surface area (Å²) in [6.45, 7) is -1.09. The Kier molecular flexibility index (Phi) is 5.98. The minimum Gasteiger partial charge on any atom is -0.478 e. The maximum Gasteiger partial charge on any atom is 0.328 e. The van der Waals surface area contributed by atoms with Crippen molar-refractivity contribution in [2.24, 2.45) is 7.05 Å². The highest BCUT2D eigenvalue weighted by molar-refractivity contribution is 5.86. The van der Waals surface area contributed by atoms with E-state index in [1.54, 1.807) is 40.0 Å². The Morgan fingerprint density at radius 2 is 1.75 bits per heavy atom. The lowest BCUT2D eigenvalue weighted by Gasteiger charge is -2.26. The van der Waals surface area contributed by atoms with Crippen molar-refractivity contribution in [1.29, 1.82) is 0 Å². The molecule has 0 aliphatic heterocycles. The van der Waals surface area contributed by atoms with Gasteiger partial charge in [0.25, 0.3) is 0 Å². The second-order valence-electron chi connectivity index (χ2n) is 8.38. The normalized spacial score (nSPS) is 12.6. The van der Waals surface area contributed by atoms with Gasteiger partial charge < -0.3 is 10.0 Å². The van der Waals surface area contributed by atoms with Crippen molar-refractivity contribution < 1.29 is 15.7 Å². The molecule has 1 atom stereocenters. The molecule has 0 aliphatic rings. The van der Waals surface area contributed by atoms with Crippen LogP contribution in [-0.2, 0) is 18.4 Å². The van der Waals surface area contributed by atoms with E-state index in [2.05, 4.69) is 5.10 Å². The van der Waals surface area contributed by atoms with Gasteiger partial charge in [0, 0.05) is 35.4 Å². The van der Waals surface area contributed by atoms with E-state index < -0.39 is 18.3 Å². The molecule has 1 unspecified atom stereocenters. The van der Waals surface area contributed by atoms with Crippen LogP contribution in [0.5, 0.6) is 0 Å². The summed E-state index contributed by atoms with van der Waals surface area (Å²) >= 11 is 0. The summed E-state index contributed by atoms with van der Waals surface area (Å²) in [4.78, 5) is 12.7. The lowest BCUT2D eigenvalue weighted by Crippen LogP contribution is -2.17. The van der Waals surface area contributed by atoms with Gasteiger partial charge in [-0.1, -0.05) is 48.5 Å². The van der Waals surface area contributed by atoms with Crippen LogP contribution in [-0.4, -0.2) is 20.9 Å². The quantitative estimate of drug-likeness (QED) is 0.261. The minimum absolute atomic E-state index is 0.224. The van der Waals surface area contributed by atoms with Gasteiger partial charge in [0.2, 0.25) is 0 Å². The summed E-state index contributed by atoms with van der Waals surface area (Å²) < 4.78 is 26.4. The fourth-order valence-corrected chi connectivity index (χ4v) is 4.13. The standard InChI is InChI=1S/C30H24FN3O2/c1-33-29-14-13-22(17-25(29)19-32-33)23-11-12-24(28(31)18-23)20-34(26-7-3-2-4-8-26)27-9-5-6-21(16-27)10-15-30(35)36/h2-19H,20H2,1H3,(H,35,36)/b15-10+/i20D. The molecule has 1 heterocycles. The number of aromatic nitrogens is 2. The third kappa shape index (κ3) is 4.88. The minimum atomic E-state index is -1.09. The lowest BCUT2D eigenvalue weighted by atomic mass is 10.0. The number of carbonyl (C=O) groups is 1. The van der Waals surface area contributed by atoms with Crippen LogP contribution in [0.1, 0.15) is 12.5 Å². The molecule has 0 bridgehead atoms. The molecule has 0 amide bonds. The molecule has 4 aromatic carbocycles. The number of carboxylic acids is 1. The molecule has 5 rings (SSSR count). The number of aryl methyl sites for hydroxylation is 1. The average molecular weight is 479 g/mol. The largest absolute Gasteiger partial charge is 0.478 e. The number of fused-ring (bicyclic) bond motifs is 1. The maximum absolute atomic E-state index is 15.5. The molecular formula is C30H24FN3O2. The molecule has 1 aromatic heterocycles. The zero-order valence-electron chi connectivity index (χ0n) is 20.5. The van der Waals surface area contributed by atoms with E-state index in [0.717, 1.165) is 22.5 Å². The second kappa shape index (κ2) is 9.88. The first-order valence-corrected chi connectivity index (χ1v) is 11.4. The van der Waals surface area contributed by atoms with Crippen molar-refractivity contribution in [2.45, 2.75) is 6.52 Å². The van der Waals surface area contributed by atoms with Crippen LogP contribution in [0.3, 0.4) is 0 Å². The number of aliphatic carboxylic acids is 1. The highest BCUT2D eigenvalue weighted by Crippen LogP contribution is 2.31. The molecule has 0 aliphatic carbocycles. The summed E-state index contributed by atoms with van der Waals surface area (Å²) in [7, 11) is 1.88. The maximum atomic E-state index is 15.5. The van der Waals surface area contributed by atoms with Gasteiger partial charge in [-0.05, 0) is 65.2 Å². The van der Waals surface area contributed by atoms with E-state index in [4.69, 9.17) is 6.48 Å². The zero-order chi connectivity index (χ0) is 25.9. The monoisotopic (exact) mass is 478 g/mol. The van der Waals surface area contributed by atoms with E-state index in [-0.39, 0.29) is 5.56 Å². The fourth-order valence-electron chi connectivity index (χ4n) is 4.13. The van der Waals surface area contributed by atoms with Crippen LogP contribution in [0.15, 0.2) is 103 Å². The van der Waals surface area contributed by atoms with Crippen LogP contribution in [0.2, 0.25) is 0 Å². The molecule has 5 aromatic rings. The van der Waals surface area contributed by atoms with Gasteiger partial charge in [-0.2, -0.15) is 5.10 Å². The summed E-state index contributed by atoms with van der Waals surface area (Å²) in [6, 6.07) is 27.3. The molecule has 1 N–H and O–H groups in total. The van der Waals surface area contributed by atoms with Crippen LogP contribution >= 0.6 is 0 Å². The van der Waals surface area contributed by atoms with Gasteiger partial charge in [0.15, 0.2) is 0 Å². The van der Waals surface area contributed by atoms with E-state index in [1.165, 1.54) is 12.1 Å². The van der Waals surface area contributed by atoms with Gasteiger partial charge in [-0.25, -0.2) is 9.18 Å². The van der Waals surface area contributed by atoms with Gasteiger partial charge in [0.1, 0.15) is 5.82 Å². The molecule has 6 heteroatoms. The van der Waals surface area contributed by atoms with Gasteiger partial charge >= 0.3 is 5.97 Å². The molecule has 36 heavy (non-hydrogen) atoms. The Hall–Kier alpha value is -4.71. The predicted molar refractivity (Wildman–Crippen MR) is 142 cm³/mol. The van der Waals surface area contributed by atoms with Gasteiger partial charge in [0.05, 0.1) is 19.6 Å². The summed E-state index contributed by atoms with van der Waals surface area (Å²) in [5.41, 5.74) is 4.82. The summed E-state index contributed by atoms with van der Waals surface area (Å²) in [5.74, 6) is -1.53. The average Bonchev–Trinajstić information content (AvgIpc) is 3.28. The lowest BCUT2D eigenvalue weighted by molar-refractivity contribution is -0.131. The van der Waals surface area contributed by atoms with Crippen LogP contribution < -0.4 is 4.90 Å². The van der Waals surface area contributed by atoms with Crippen LogP contribution in [0.25, 0.3) is 28.1 Å². The Morgan fingerprint density at radius 1 is 1.00 bits per heavy atom. The van der Waals surface area contributed by atoms with E-state index >= 15 is 4.39 Å². The molecule has 5 nitrogen and oxygen atoms in total. The number of carboxylic acid groups (broad SMARTS) is 1. The summed E-state index contributed by atoms with van der Waals surface area (Å²) in [6.07, 6.45) is 4.33. The molecule has 178 valence electrons. The highest BCUT2D eigenvalue weighted by Gasteiger charge is 2.14. The van der Waals surface area contributed by atoms with E-state index in [0.29, 0.717) is 22.5 Å². The molecule has 0 spiro atoms. The Bertz CT molecular complexity index is 1610. The smallest absolute Gasteiger partial charge is 0.328 e. The van der Waals surface area contributed by atoms with Gasteiger partial charge in [-0.3, -0.25) is 4.68 Å². The second-order valence-corrected chi connectivity index (χ2v) is 8.38. The first-order chi connectivity index (χ1) is 17.9. The van der Waals surface area contributed by atoms with E-state index in [9.17, 15) is 4.79 Å². The van der Waals surface area contributed by atoms with Crippen molar-refractivity contribution >= 4 is 34.3 Å². The molecule has 0 fully saturated rings. The topological polar surface area (TPSA) is 58.4 Å². The van der Waals surface area contributed by atoms with Gasteiger partial charge in [-0.15, -0.1) is 0 Å². The summed E-state index contributed by atoms with van der Waals surface area (Å²) in [5, 5.41) is 14.2. The molecule has 0 saturated carbocycles. The number of anilines is 2. The first-order valence-electron chi connectivity index (χ1n) is 12.0. The molecule has 0 saturated heterocycles. The SMILES string of the molecule is [2H]C(c1ccc(-c2ccc3c(cnn3C)c2)cc1F)N(c1ccccc1)c1cccc(/C=C/C(=O)O)c1. The van der Waals surface area contributed by atoms with E-state index in [1.807, 2.05) is 67.7 Å². The highest BCUT2D eigenvalue weighted by atomic mass is 19.1. The van der Waals surface area contributed by atoms with Crippen molar-refractivity contribution in [1.82, 2.24) is 9.78 Å². The van der Waals surface area contributed by atoms with Crippen molar-refractivity contribution in [3.05, 3.63) is 120 Å². The Labute approximate surface area is 209 Å². The number of nitrogens with zero attached hydrogens (tertiary/aromatic N) is 3. The number of hydrogen-bond donors (Lipinski definition) is 1. The van der Waals surface area contributed by atoms with Crippen LogP contribution in [0.4, 0.5) is 15.8 Å². The van der Waals surface area contributed by atoms with Crippen molar-refractivity contribution in [3.63, 3.8) is 0 Å². The Balaban J connectivity index is 1.52. The predicted octanol–water partition coefficient (Wildman–Crippen LogP) is 6.82. The number of hydrogen-bond acceptors (Lipinski definition) is 3. The third-order valence-corrected chi connectivity index (χ3v) is 5.95. The fraction of sp³-hybridized carbons (Fsp3) is 0.0667. The first kappa shape index (κ1) is 21.8. The Morgan fingerprint density at radius 3 is 2.53 bits per heavy atom.